The van der Waals surface area contributed by atoms with Crippen LogP contribution in [0.4, 0.5) is 5.95 Å². The average molecular weight is 536 g/mol. The number of nitrogens with one attached hydrogen (secondary N) is 1. The van der Waals surface area contributed by atoms with Crippen LogP contribution in [-0.2, 0) is 4.79 Å². The molecule has 8 nitrogen and oxygen atoms in total. The van der Waals surface area contributed by atoms with Crippen molar-refractivity contribution in [2.75, 3.05) is 18.4 Å². The van der Waals surface area contributed by atoms with Crippen LogP contribution in [0, 0.1) is 6.92 Å². The molecule has 1 aliphatic heterocycles. The Hall–Kier alpha value is -3.39. The number of amides is 2. The lowest BCUT2D eigenvalue weighted by atomic mass is 9.98. The highest BCUT2D eigenvalue weighted by Gasteiger charge is 2.28. The van der Waals surface area contributed by atoms with Crippen molar-refractivity contribution in [2.45, 2.75) is 70.4 Å². The average Bonchev–Trinajstić information content (AvgIpc) is 3.09. The predicted octanol–water partition coefficient (Wildman–Crippen LogP) is 6.10. The summed E-state index contributed by atoms with van der Waals surface area (Å²) in [5.41, 5.74) is 2.62. The molecule has 5 rings (SSSR count). The zero-order valence-electron chi connectivity index (χ0n) is 21.8. The molecule has 38 heavy (non-hydrogen) atoms. The molecule has 1 aromatic carbocycles. The summed E-state index contributed by atoms with van der Waals surface area (Å²) < 4.78 is 8.28. The van der Waals surface area contributed by atoms with Crippen molar-refractivity contribution in [3.05, 3.63) is 59.4 Å². The number of fused-ring (bicyclic) bond motifs is 1. The number of pyridine rings is 1. The molecule has 2 fully saturated rings. The Morgan fingerprint density at radius 3 is 2.68 bits per heavy atom. The van der Waals surface area contributed by atoms with Crippen LogP contribution >= 0.6 is 11.6 Å². The van der Waals surface area contributed by atoms with Crippen LogP contribution in [0.2, 0.25) is 5.02 Å². The summed E-state index contributed by atoms with van der Waals surface area (Å²) >= 11 is 6.90. The first-order valence-electron chi connectivity index (χ1n) is 13.5. The largest absolute Gasteiger partial charge is 0.490 e. The van der Waals surface area contributed by atoms with E-state index < -0.39 is 0 Å². The summed E-state index contributed by atoms with van der Waals surface area (Å²) in [5, 5.41) is 3.52. The number of aromatic nitrogens is 3. The van der Waals surface area contributed by atoms with Crippen molar-refractivity contribution in [2.24, 2.45) is 0 Å². The normalized spacial score (nSPS) is 18.7. The molecule has 0 radical (unpaired) electrons. The van der Waals surface area contributed by atoms with Gasteiger partial charge in [0.25, 0.3) is 5.91 Å². The number of hydrogen-bond acceptors (Lipinski definition) is 5. The van der Waals surface area contributed by atoms with E-state index in [-0.39, 0.29) is 24.0 Å². The molecule has 1 saturated heterocycles. The number of halogens is 1. The quantitative estimate of drug-likeness (QED) is 0.385. The van der Waals surface area contributed by atoms with E-state index in [1.54, 1.807) is 18.3 Å². The Morgan fingerprint density at radius 1 is 1.13 bits per heavy atom. The molecule has 1 saturated carbocycles. The van der Waals surface area contributed by atoms with Gasteiger partial charge in [-0.3, -0.25) is 19.9 Å². The maximum Gasteiger partial charge on any atom is 0.258 e. The minimum atomic E-state index is -0.283. The molecule has 3 aromatic rings. The van der Waals surface area contributed by atoms with Gasteiger partial charge < -0.3 is 14.2 Å². The van der Waals surface area contributed by atoms with E-state index in [9.17, 15) is 9.59 Å². The number of benzene rings is 1. The van der Waals surface area contributed by atoms with E-state index in [2.05, 4.69) is 16.9 Å². The summed E-state index contributed by atoms with van der Waals surface area (Å²) in [7, 11) is 0. The number of rotatable bonds is 6. The molecule has 2 aliphatic rings. The van der Waals surface area contributed by atoms with Crippen LogP contribution in [0.3, 0.4) is 0 Å². The molecule has 9 heteroatoms. The number of aryl methyl sites for hydroxylation is 1. The lowest BCUT2D eigenvalue weighted by Crippen LogP contribution is -2.34. The Balaban J connectivity index is 1.55. The van der Waals surface area contributed by atoms with E-state index >= 15 is 0 Å². The first-order chi connectivity index (χ1) is 18.4. The van der Waals surface area contributed by atoms with Gasteiger partial charge in [-0.15, -0.1) is 0 Å². The fourth-order valence-electron chi connectivity index (χ4n) is 5.57. The monoisotopic (exact) mass is 535 g/mol. The molecule has 1 atom stereocenters. The molecule has 0 spiro atoms. The summed E-state index contributed by atoms with van der Waals surface area (Å²) in [6.07, 6.45) is 11.4. The van der Waals surface area contributed by atoms with Gasteiger partial charge in [0, 0.05) is 42.7 Å². The molecule has 3 heterocycles. The van der Waals surface area contributed by atoms with Crippen LogP contribution in [0.15, 0.2) is 43.1 Å². The van der Waals surface area contributed by atoms with Gasteiger partial charge >= 0.3 is 0 Å². The Kier molecular flexibility index (Phi) is 7.98. The number of likely N-dealkylation sites (tertiary alicyclic amines) is 1. The van der Waals surface area contributed by atoms with Crippen LogP contribution in [-0.4, -0.2) is 50.4 Å². The number of carbonyl (C=O) groups excluding carboxylic acids is 2. The summed E-state index contributed by atoms with van der Waals surface area (Å²) in [6.45, 7) is 6.65. The number of nitrogens with zero attached hydrogens (tertiary/aromatic N) is 4. The highest BCUT2D eigenvalue weighted by molar-refractivity contribution is 6.35. The van der Waals surface area contributed by atoms with Gasteiger partial charge in [0.2, 0.25) is 11.9 Å². The SMILES string of the molecule is C=CC(=O)N1CCCC[C@@H](n2c(NC(=O)c3ccnc(C)c3)nc3cc(OC4CCCCC4)cc(Cl)c32)C1. The Labute approximate surface area is 228 Å². The maximum absolute atomic E-state index is 13.3. The van der Waals surface area contributed by atoms with Gasteiger partial charge in [-0.05, 0) is 70.1 Å². The zero-order valence-corrected chi connectivity index (χ0v) is 22.5. The van der Waals surface area contributed by atoms with E-state index in [0.717, 1.165) is 43.3 Å². The van der Waals surface area contributed by atoms with Gasteiger partial charge in [0.15, 0.2) is 0 Å². The summed E-state index contributed by atoms with van der Waals surface area (Å²) in [4.78, 5) is 36.6. The van der Waals surface area contributed by atoms with Gasteiger partial charge in [-0.2, -0.15) is 0 Å². The van der Waals surface area contributed by atoms with Crippen molar-refractivity contribution in [1.29, 1.82) is 0 Å². The molecular formula is C29H34ClN5O3. The zero-order chi connectivity index (χ0) is 26.6. The number of carbonyl (C=O) groups is 2. The van der Waals surface area contributed by atoms with Crippen LogP contribution in [0.25, 0.3) is 11.0 Å². The topological polar surface area (TPSA) is 89.4 Å². The summed E-state index contributed by atoms with van der Waals surface area (Å²) in [5.74, 6) is 0.697. The molecule has 2 amide bonds. The highest BCUT2D eigenvalue weighted by Crippen LogP contribution is 2.37. The Bertz CT molecular complexity index is 1350. The Morgan fingerprint density at radius 2 is 1.92 bits per heavy atom. The van der Waals surface area contributed by atoms with Crippen molar-refractivity contribution in [1.82, 2.24) is 19.4 Å². The van der Waals surface area contributed by atoms with Crippen molar-refractivity contribution in [3.8, 4) is 5.75 Å². The fourth-order valence-corrected chi connectivity index (χ4v) is 5.86. The third kappa shape index (κ3) is 5.70. The molecule has 1 aliphatic carbocycles. The fraction of sp³-hybridized carbons (Fsp3) is 0.448. The molecule has 0 bridgehead atoms. The second kappa shape index (κ2) is 11.6. The summed E-state index contributed by atoms with van der Waals surface area (Å²) in [6, 6.07) is 7.04. The van der Waals surface area contributed by atoms with Crippen LogP contribution in [0.5, 0.6) is 5.75 Å². The van der Waals surface area contributed by atoms with E-state index in [4.69, 9.17) is 21.3 Å². The van der Waals surface area contributed by atoms with E-state index in [0.29, 0.717) is 40.9 Å². The van der Waals surface area contributed by atoms with Crippen LogP contribution < -0.4 is 10.1 Å². The number of anilines is 1. The second-order valence-corrected chi connectivity index (χ2v) is 10.6. The molecule has 200 valence electrons. The number of ether oxygens (including phenoxy) is 1. The first-order valence-corrected chi connectivity index (χ1v) is 13.8. The lowest BCUT2D eigenvalue weighted by molar-refractivity contribution is -0.126. The number of imidazole rings is 1. The van der Waals surface area contributed by atoms with E-state index in [1.165, 1.54) is 25.3 Å². The minimum absolute atomic E-state index is 0.103. The maximum atomic E-state index is 13.3. The van der Waals surface area contributed by atoms with Gasteiger partial charge in [-0.25, -0.2) is 4.98 Å². The van der Waals surface area contributed by atoms with Crippen LogP contribution in [0.1, 0.15) is 73.5 Å². The van der Waals surface area contributed by atoms with Crippen molar-refractivity contribution in [3.63, 3.8) is 0 Å². The lowest BCUT2D eigenvalue weighted by Gasteiger charge is -2.26. The number of hydrogen-bond donors (Lipinski definition) is 1. The molecular weight excluding hydrogens is 502 g/mol. The van der Waals surface area contributed by atoms with Crippen molar-refractivity contribution < 1.29 is 14.3 Å². The van der Waals surface area contributed by atoms with E-state index in [1.807, 2.05) is 28.5 Å². The molecule has 0 unspecified atom stereocenters. The third-order valence-corrected chi connectivity index (χ3v) is 7.74. The standard InChI is InChI=1S/C29H34ClN5O3/c1-3-26(36)34-14-8-7-9-21(18-34)35-27-24(30)16-23(38-22-10-5-4-6-11-22)17-25(27)32-29(35)33-28(37)20-12-13-31-19(2)15-20/h3,12-13,15-17,21-22H,1,4-11,14,18H2,2H3,(H,32,33,37)/t21-/m1/s1. The molecule has 2 aromatic heterocycles. The van der Waals surface area contributed by atoms with Crippen molar-refractivity contribution >= 4 is 40.4 Å². The first kappa shape index (κ1) is 26.2. The third-order valence-electron chi connectivity index (χ3n) is 7.45. The molecule has 1 N–H and O–H groups in total. The second-order valence-electron chi connectivity index (χ2n) is 10.2. The smallest absolute Gasteiger partial charge is 0.258 e. The predicted molar refractivity (Wildman–Crippen MR) is 149 cm³/mol. The van der Waals surface area contributed by atoms with Gasteiger partial charge in [0.05, 0.1) is 28.2 Å². The van der Waals surface area contributed by atoms with Gasteiger partial charge in [0.1, 0.15) is 5.75 Å². The minimum Gasteiger partial charge on any atom is -0.490 e. The van der Waals surface area contributed by atoms with Gasteiger partial charge in [-0.1, -0.05) is 24.6 Å². The highest BCUT2D eigenvalue weighted by atomic mass is 35.5.